The molecular formula is C25H34N2O4. The number of carbonyl (C=O) groups is 2. The maximum absolute atomic E-state index is 12.2. The highest BCUT2D eigenvalue weighted by Crippen LogP contribution is 2.24. The number of anilines is 1. The summed E-state index contributed by atoms with van der Waals surface area (Å²) in [6.07, 6.45) is 2.42. The average molecular weight is 427 g/mol. The Kier molecular flexibility index (Phi) is 9.38. The first-order chi connectivity index (χ1) is 14.8. The van der Waals surface area contributed by atoms with Gasteiger partial charge >= 0.3 is 12.0 Å². The molecule has 0 bridgehead atoms. The fourth-order valence-corrected chi connectivity index (χ4v) is 2.84. The van der Waals surface area contributed by atoms with E-state index in [-0.39, 0.29) is 11.4 Å². The molecular weight excluding hydrogens is 392 g/mol. The van der Waals surface area contributed by atoms with Crippen LogP contribution in [-0.4, -0.2) is 31.8 Å². The van der Waals surface area contributed by atoms with Gasteiger partial charge in [0.15, 0.2) is 0 Å². The molecule has 0 spiro atoms. The molecule has 6 nitrogen and oxygen atoms in total. The van der Waals surface area contributed by atoms with Gasteiger partial charge in [-0.25, -0.2) is 9.59 Å². The van der Waals surface area contributed by atoms with Crippen LogP contribution in [-0.2, 0) is 10.2 Å². The largest absolute Gasteiger partial charge is 0.494 e. The van der Waals surface area contributed by atoms with E-state index in [1.54, 1.807) is 24.3 Å². The number of hydrogen-bond donors (Lipinski definition) is 2. The molecule has 2 amide bonds. The average Bonchev–Trinajstić information content (AvgIpc) is 2.73. The molecule has 0 saturated carbocycles. The molecule has 0 unspecified atom stereocenters. The SMILES string of the molecule is CCCCOC(=O)c1ccccc1NC(=O)NCCCOc1ccc(C(C)(C)C)cc1. The van der Waals surface area contributed by atoms with Crippen LogP contribution in [0.15, 0.2) is 48.5 Å². The predicted octanol–water partition coefficient (Wildman–Crippen LogP) is 5.53. The first kappa shape index (κ1) is 24.3. The molecule has 0 fully saturated rings. The second-order valence-electron chi connectivity index (χ2n) is 8.39. The molecule has 0 saturated heterocycles. The Bertz CT molecular complexity index is 841. The summed E-state index contributed by atoms with van der Waals surface area (Å²) >= 11 is 0. The van der Waals surface area contributed by atoms with Gasteiger partial charge in [-0.3, -0.25) is 0 Å². The van der Waals surface area contributed by atoms with Crippen molar-refractivity contribution in [3.05, 3.63) is 59.7 Å². The monoisotopic (exact) mass is 426 g/mol. The third kappa shape index (κ3) is 8.32. The van der Waals surface area contributed by atoms with Crippen LogP contribution in [0.5, 0.6) is 5.75 Å². The minimum absolute atomic E-state index is 0.112. The molecule has 0 atom stereocenters. The lowest BCUT2D eigenvalue weighted by Crippen LogP contribution is -2.31. The van der Waals surface area contributed by atoms with Gasteiger partial charge in [-0.1, -0.05) is 58.4 Å². The molecule has 0 heterocycles. The summed E-state index contributed by atoms with van der Waals surface area (Å²) < 4.78 is 11.0. The molecule has 0 aliphatic heterocycles. The van der Waals surface area contributed by atoms with E-state index in [9.17, 15) is 9.59 Å². The summed E-state index contributed by atoms with van der Waals surface area (Å²) in [5, 5.41) is 5.50. The Labute approximate surface area is 185 Å². The molecule has 0 aliphatic carbocycles. The summed E-state index contributed by atoms with van der Waals surface area (Å²) in [5.74, 6) is 0.378. The minimum Gasteiger partial charge on any atom is -0.494 e. The number of carbonyl (C=O) groups excluding carboxylic acids is 2. The predicted molar refractivity (Wildman–Crippen MR) is 124 cm³/mol. The Morgan fingerprint density at radius 1 is 0.935 bits per heavy atom. The fraction of sp³-hybridized carbons (Fsp3) is 0.440. The zero-order valence-corrected chi connectivity index (χ0v) is 19.0. The van der Waals surface area contributed by atoms with Gasteiger partial charge in [0.05, 0.1) is 24.5 Å². The molecule has 2 rings (SSSR count). The number of unbranched alkanes of at least 4 members (excludes halogenated alkanes) is 1. The Morgan fingerprint density at radius 2 is 1.65 bits per heavy atom. The standard InChI is InChI=1S/C25H34N2O4/c1-5-6-17-31-23(28)21-10-7-8-11-22(21)27-24(29)26-16-9-18-30-20-14-12-19(13-15-20)25(2,3)4/h7-8,10-15H,5-6,9,16-18H2,1-4H3,(H2,26,27,29). The van der Waals surface area contributed by atoms with Crippen LogP contribution in [0.1, 0.15) is 62.9 Å². The van der Waals surface area contributed by atoms with Gasteiger partial charge in [0.2, 0.25) is 0 Å². The van der Waals surface area contributed by atoms with E-state index in [0.29, 0.717) is 37.4 Å². The molecule has 2 aromatic rings. The van der Waals surface area contributed by atoms with Crippen molar-refractivity contribution in [1.82, 2.24) is 5.32 Å². The third-order valence-corrected chi connectivity index (χ3v) is 4.72. The fourth-order valence-electron chi connectivity index (χ4n) is 2.84. The number of esters is 1. The van der Waals surface area contributed by atoms with E-state index in [1.165, 1.54) is 5.56 Å². The summed E-state index contributed by atoms with van der Waals surface area (Å²) in [7, 11) is 0. The van der Waals surface area contributed by atoms with Crippen LogP contribution in [0.25, 0.3) is 0 Å². The topological polar surface area (TPSA) is 76.7 Å². The summed E-state index contributed by atoms with van der Waals surface area (Å²) in [6, 6.07) is 14.5. The van der Waals surface area contributed by atoms with Gasteiger partial charge in [0.25, 0.3) is 0 Å². The van der Waals surface area contributed by atoms with Crippen molar-refractivity contribution in [2.75, 3.05) is 25.1 Å². The van der Waals surface area contributed by atoms with E-state index < -0.39 is 5.97 Å². The van der Waals surface area contributed by atoms with Crippen molar-refractivity contribution in [2.45, 2.75) is 52.4 Å². The van der Waals surface area contributed by atoms with Crippen molar-refractivity contribution >= 4 is 17.7 Å². The first-order valence-corrected chi connectivity index (χ1v) is 10.9. The summed E-state index contributed by atoms with van der Waals surface area (Å²) in [5.41, 5.74) is 2.14. The van der Waals surface area contributed by atoms with Gasteiger partial charge < -0.3 is 20.1 Å². The van der Waals surface area contributed by atoms with Gasteiger partial charge in [-0.15, -0.1) is 0 Å². The van der Waals surface area contributed by atoms with Crippen LogP contribution in [0.3, 0.4) is 0 Å². The normalized spacial score (nSPS) is 11.0. The van der Waals surface area contributed by atoms with Crippen LogP contribution in [0.2, 0.25) is 0 Å². The molecule has 0 aromatic heterocycles. The summed E-state index contributed by atoms with van der Waals surface area (Å²) in [4.78, 5) is 24.4. The first-order valence-electron chi connectivity index (χ1n) is 10.9. The molecule has 6 heteroatoms. The van der Waals surface area contributed by atoms with Gasteiger partial charge in [0, 0.05) is 6.54 Å². The maximum atomic E-state index is 12.2. The number of benzene rings is 2. The number of ether oxygens (including phenoxy) is 2. The highest BCUT2D eigenvalue weighted by Gasteiger charge is 2.14. The lowest BCUT2D eigenvalue weighted by atomic mass is 9.87. The van der Waals surface area contributed by atoms with Crippen molar-refractivity contribution in [1.29, 1.82) is 0 Å². The Morgan fingerprint density at radius 3 is 2.32 bits per heavy atom. The highest BCUT2D eigenvalue weighted by molar-refractivity contribution is 6.00. The minimum atomic E-state index is -0.435. The van der Waals surface area contributed by atoms with E-state index in [2.05, 4.69) is 43.5 Å². The number of hydrogen-bond acceptors (Lipinski definition) is 4. The van der Waals surface area contributed by atoms with E-state index >= 15 is 0 Å². The van der Waals surface area contributed by atoms with Crippen molar-refractivity contribution < 1.29 is 19.1 Å². The number of para-hydroxylation sites is 1. The van der Waals surface area contributed by atoms with Crippen LogP contribution < -0.4 is 15.4 Å². The zero-order chi connectivity index (χ0) is 22.7. The van der Waals surface area contributed by atoms with Gasteiger partial charge in [0.1, 0.15) is 5.75 Å². The Hall–Kier alpha value is -3.02. The molecule has 31 heavy (non-hydrogen) atoms. The van der Waals surface area contributed by atoms with E-state index in [1.807, 2.05) is 19.1 Å². The molecule has 0 aliphatic rings. The number of nitrogens with one attached hydrogen (secondary N) is 2. The van der Waals surface area contributed by atoms with E-state index in [4.69, 9.17) is 9.47 Å². The lowest BCUT2D eigenvalue weighted by molar-refractivity contribution is 0.0501. The molecule has 0 radical (unpaired) electrons. The van der Waals surface area contributed by atoms with Gasteiger partial charge in [-0.2, -0.15) is 0 Å². The zero-order valence-electron chi connectivity index (χ0n) is 19.0. The highest BCUT2D eigenvalue weighted by atomic mass is 16.5. The van der Waals surface area contributed by atoms with Crippen LogP contribution >= 0.6 is 0 Å². The number of urea groups is 1. The van der Waals surface area contributed by atoms with Crippen molar-refractivity contribution in [2.24, 2.45) is 0 Å². The molecule has 2 aromatic carbocycles. The Balaban J connectivity index is 1.73. The second-order valence-corrected chi connectivity index (χ2v) is 8.39. The second kappa shape index (κ2) is 12.0. The quantitative estimate of drug-likeness (QED) is 0.387. The van der Waals surface area contributed by atoms with Crippen LogP contribution in [0.4, 0.5) is 10.5 Å². The van der Waals surface area contributed by atoms with Gasteiger partial charge in [-0.05, 0) is 48.1 Å². The van der Waals surface area contributed by atoms with Crippen molar-refractivity contribution in [3.63, 3.8) is 0 Å². The van der Waals surface area contributed by atoms with Crippen LogP contribution in [0, 0.1) is 0 Å². The smallest absolute Gasteiger partial charge is 0.340 e. The molecule has 2 N–H and O–H groups in total. The van der Waals surface area contributed by atoms with E-state index in [0.717, 1.165) is 18.6 Å². The maximum Gasteiger partial charge on any atom is 0.340 e. The number of rotatable bonds is 10. The third-order valence-electron chi connectivity index (χ3n) is 4.72. The van der Waals surface area contributed by atoms with Crippen molar-refractivity contribution in [3.8, 4) is 5.75 Å². The molecule has 168 valence electrons. The lowest BCUT2D eigenvalue weighted by Gasteiger charge is -2.19. The number of amides is 2. The summed E-state index contributed by atoms with van der Waals surface area (Å²) in [6.45, 7) is 9.87.